The van der Waals surface area contributed by atoms with Crippen LogP contribution in [0.25, 0.3) is 28.1 Å². The number of anilines is 1. The van der Waals surface area contributed by atoms with Gasteiger partial charge in [-0.25, -0.2) is 19.7 Å². The smallest absolute Gasteiger partial charge is 0.320 e. The van der Waals surface area contributed by atoms with Crippen molar-refractivity contribution in [3.8, 4) is 11.5 Å². The number of aromatic amines is 1. The van der Waals surface area contributed by atoms with E-state index in [1.165, 1.54) is 6.42 Å². The molecular weight excluding hydrogens is 378 g/mol. The number of rotatable bonds is 2. The molecule has 0 unspecified atom stereocenters. The quantitative estimate of drug-likeness (QED) is 0.665. The molecule has 160 valence electrons. The molecule has 2 aliphatic rings. The summed E-state index contributed by atoms with van der Waals surface area (Å²) in [6, 6.07) is 7.97. The molecule has 4 heterocycles. The zero-order valence-corrected chi connectivity index (χ0v) is 16.8. The van der Waals surface area contributed by atoms with Gasteiger partial charge in [0.2, 0.25) is 0 Å². The number of benzene rings is 1. The number of likely N-dealkylation sites (tertiary alicyclic amines) is 1. The van der Waals surface area contributed by atoms with Gasteiger partial charge in [0.25, 0.3) is 0 Å². The molecule has 3 N–H and O–H groups in total. The molecule has 0 bridgehead atoms. The van der Waals surface area contributed by atoms with Crippen molar-refractivity contribution in [2.75, 3.05) is 31.9 Å². The van der Waals surface area contributed by atoms with E-state index in [4.69, 9.17) is 10.7 Å². The van der Waals surface area contributed by atoms with Crippen molar-refractivity contribution in [1.82, 2.24) is 29.7 Å². The molecule has 8 heteroatoms. The van der Waals surface area contributed by atoms with Gasteiger partial charge >= 0.3 is 6.03 Å². The van der Waals surface area contributed by atoms with Gasteiger partial charge in [0.15, 0.2) is 11.6 Å². The van der Waals surface area contributed by atoms with Crippen LogP contribution in [-0.2, 0) is 0 Å². The number of nitrogen functional groups attached to an aromatic ring is 1. The van der Waals surface area contributed by atoms with E-state index >= 15 is 0 Å². The maximum Gasteiger partial charge on any atom is 0.320 e. The maximum atomic E-state index is 12.7. The minimum atomic E-state index is 0. The number of carbonyl (C=O) groups excluding carboxylic acids is 1. The number of para-hydroxylation sites is 2. The van der Waals surface area contributed by atoms with Crippen LogP contribution in [0.5, 0.6) is 0 Å². The summed E-state index contributed by atoms with van der Waals surface area (Å²) in [5.41, 5.74) is 10.3. The summed E-state index contributed by atoms with van der Waals surface area (Å²) in [4.78, 5) is 33.6. The minimum Gasteiger partial charge on any atom is -0.382 e. The van der Waals surface area contributed by atoms with Gasteiger partial charge in [-0.05, 0) is 43.4 Å². The summed E-state index contributed by atoms with van der Waals surface area (Å²) < 4.78 is 0. The highest BCUT2D eigenvalue weighted by Crippen LogP contribution is 2.27. The molecule has 0 radical (unpaired) electrons. The third kappa shape index (κ3) is 3.49. The zero-order chi connectivity index (χ0) is 20.5. The fourth-order valence-corrected chi connectivity index (χ4v) is 4.15. The first-order valence-corrected chi connectivity index (χ1v) is 10.5. The molecule has 2 aromatic heterocycles. The lowest BCUT2D eigenvalue weighted by Crippen LogP contribution is -2.46. The lowest BCUT2D eigenvalue weighted by Gasteiger charge is -2.34. The first kappa shape index (κ1) is 18.6. The molecule has 2 aliphatic heterocycles. The molecule has 1 fully saturated rings. The van der Waals surface area contributed by atoms with Gasteiger partial charge in [-0.3, -0.25) is 0 Å². The normalized spacial score (nSPS) is 17.3. The fourth-order valence-electron chi connectivity index (χ4n) is 4.15. The number of urea groups is 1. The Bertz CT molecular complexity index is 1100. The Morgan fingerprint density at radius 2 is 1.90 bits per heavy atom. The Morgan fingerprint density at radius 3 is 2.67 bits per heavy atom. The van der Waals surface area contributed by atoms with Crippen LogP contribution < -0.4 is 5.73 Å². The first-order chi connectivity index (χ1) is 14.7. The van der Waals surface area contributed by atoms with E-state index in [0.717, 1.165) is 54.7 Å². The SMILES string of the molecule is Nc1ncc(C2=CCN(C(=O)N3CCCCC3)CC2)nc1-c1nc2ccccc2[nH]1.[HH].[HH].[HH]. The third-order valence-corrected chi connectivity index (χ3v) is 5.85. The highest BCUT2D eigenvalue weighted by molar-refractivity contribution is 5.81. The largest absolute Gasteiger partial charge is 0.382 e. The summed E-state index contributed by atoms with van der Waals surface area (Å²) in [5.74, 6) is 0.956. The van der Waals surface area contributed by atoms with Gasteiger partial charge in [0.1, 0.15) is 5.69 Å². The second-order valence-corrected chi connectivity index (χ2v) is 7.85. The molecule has 0 atom stereocenters. The predicted octanol–water partition coefficient (Wildman–Crippen LogP) is 4.04. The lowest BCUT2D eigenvalue weighted by atomic mass is 10.0. The molecule has 30 heavy (non-hydrogen) atoms. The zero-order valence-electron chi connectivity index (χ0n) is 16.8. The topological polar surface area (TPSA) is 104 Å². The van der Waals surface area contributed by atoms with E-state index in [-0.39, 0.29) is 10.3 Å². The molecule has 0 aliphatic carbocycles. The monoisotopic (exact) mass is 409 g/mol. The van der Waals surface area contributed by atoms with E-state index < -0.39 is 0 Å². The van der Waals surface area contributed by atoms with Gasteiger partial charge in [-0.1, -0.05) is 18.2 Å². The molecule has 5 rings (SSSR count). The molecule has 2 amide bonds. The van der Waals surface area contributed by atoms with E-state index in [2.05, 4.69) is 21.0 Å². The average Bonchev–Trinajstić information content (AvgIpc) is 3.24. The van der Waals surface area contributed by atoms with Crippen LogP contribution in [0.15, 0.2) is 36.5 Å². The second-order valence-electron chi connectivity index (χ2n) is 7.85. The molecular formula is C22H31N7O. The van der Waals surface area contributed by atoms with Gasteiger partial charge in [-0.2, -0.15) is 0 Å². The highest BCUT2D eigenvalue weighted by Gasteiger charge is 2.25. The molecule has 3 aromatic rings. The van der Waals surface area contributed by atoms with Crippen LogP contribution in [0.4, 0.5) is 10.6 Å². The Hall–Kier alpha value is -3.42. The third-order valence-electron chi connectivity index (χ3n) is 5.85. The standard InChI is InChI=1S/C22H25N7O.3H2/c23-20-19(21-26-16-6-2-3-7-17(16)27-21)25-18(14-24-20)15-8-12-29(13-9-15)22(30)28-10-4-1-5-11-28;;;/h2-3,6-8,14H,1,4-5,9-13H2,(H2,23,24)(H,26,27);3*1H. The summed E-state index contributed by atoms with van der Waals surface area (Å²) in [5, 5.41) is 0. The minimum absolute atomic E-state index is 0. The van der Waals surface area contributed by atoms with Crippen LogP contribution in [0, 0.1) is 0 Å². The Balaban J connectivity index is 0.00000128. The number of aromatic nitrogens is 4. The van der Waals surface area contributed by atoms with E-state index in [9.17, 15) is 4.79 Å². The van der Waals surface area contributed by atoms with Crippen LogP contribution >= 0.6 is 0 Å². The van der Waals surface area contributed by atoms with Crippen molar-refractivity contribution in [2.24, 2.45) is 0 Å². The van der Waals surface area contributed by atoms with E-state index in [1.54, 1.807) is 6.20 Å². The number of nitrogens with zero attached hydrogens (tertiary/aromatic N) is 5. The lowest BCUT2D eigenvalue weighted by molar-refractivity contribution is 0.147. The predicted molar refractivity (Wildman–Crippen MR) is 123 cm³/mol. The number of nitrogens with two attached hydrogens (primary N) is 1. The number of imidazole rings is 1. The first-order valence-electron chi connectivity index (χ1n) is 10.5. The van der Waals surface area contributed by atoms with Gasteiger partial charge in [0.05, 0.1) is 22.9 Å². The van der Waals surface area contributed by atoms with Crippen LogP contribution in [0.3, 0.4) is 0 Å². The van der Waals surface area contributed by atoms with Gasteiger partial charge in [-0.15, -0.1) is 0 Å². The second kappa shape index (κ2) is 7.78. The Kier molecular flexibility index (Phi) is 4.82. The average molecular weight is 410 g/mol. The number of piperidine rings is 1. The highest BCUT2D eigenvalue weighted by atomic mass is 16.2. The van der Waals surface area contributed by atoms with Crippen molar-refractivity contribution in [3.63, 3.8) is 0 Å². The number of nitrogens with one attached hydrogen (secondary N) is 1. The fraction of sp³-hybridized carbons (Fsp3) is 0.364. The molecule has 1 saturated heterocycles. The Morgan fingerprint density at radius 1 is 1.07 bits per heavy atom. The summed E-state index contributed by atoms with van der Waals surface area (Å²) in [6.45, 7) is 3.02. The van der Waals surface area contributed by atoms with Gasteiger partial charge < -0.3 is 20.5 Å². The summed E-state index contributed by atoms with van der Waals surface area (Å²) in [6.07, 6.45) is 7.96. The van der Waals surface area contributed by atoms with Crippen LogP contribution in [0.2, 0.25) is 0 Å². The number of hydrogen-bond acceptors (Lipinski definition) is 5. The molecule has 0 saturated carbocycles. The van der Waals surface area contributed by atoms with Crippen molar-refractivity contribution < 1.29 is 9.07 Å². The van der Waals surface area contributed by atoms with Crippen molar-refractivity contribution >= 4 is 28.5 Å². The van der Waals surface area contributed by atoms with Crippen molar-refractivity contribution in [1.29, 1.82) is 0 Å². The van der Waals surface area contributed by atoms with Crippen LogP contribution in [0.1, 0.15) is 35.7 Å². The number of fused-ring (bicyclic) bond motifs is 1. The van der Waals surface area contributed by atoms with Crippen molar-refractivity contribution in [2.45, 2.75) is 25.7 Å². The van der Waals surface area contributed by atoms with Crippen LogP contribution in [-0.4, -0.2) is 61.9 Å². The summed E-state index contributed by atoms with van der Waals surface area (Å²) in [7, 11) is 0. The van der Waals surface area contributed by atoms with E-state index in [1.807, 2.05) is 34.1 Å². The number of amides is 2. The number of H-pyrrole nitrogens is 1. The Labute approximate surface area is 179 Å². The van der Waals surface area contributed by atoms with Crippen molar-refractivity contribution in [3.05, 3.63) is 42.2 Å². The summed E-state index contributed by atoms with van der Waals surface area (Å²) >= 11 is 0. The maximum absolute atomic E-state index is 12.7. The number of carbonyl (C=O) groups is 1. The van der Waals surface area contributed by atoms with E-state index in [0.29, 0.717) is 30.4 Å². The number of hydrogen-bond donors (Lipinski definition) is 2. The molecule has 0 spiro atoms. The molecule has 1 aromatic carbocycles. The van der Waals surface area contributed by atoms with Gasteiger partial charge in [0, 0.05) is 30.5 Å². The molecule has 8 nitrogen and oxygen atoms in total.